The molecule has 37 heavy (non-hydrogen) atoms. The van der Waals surface area contributed by atoms with Crippen LogP contribution in [0.1, 0.15) is 55.9 Å². The van der Waals surface area contributed by atoms with E-state index in [2.05, 4.69) is 27.3 Å². The van der Waals surface area contributed by atoms with Crippen LogP contribution in [0.25, 0.3) is 0 Å². The molecule has 0 spiro atoms. The number of carbonyl (C=O) groups excluding carboxylic acids is 4. The van der Waals surface area contributed by atoms with E-state index in [0.29, 0.717) is 24.1 Å². The first-order valence-corrected chi connectivity index (χ1v) is 12.4. The second-order valence-corrected chi connectivity index (χ2v) is 9.23. The highest BCUT2D eigenvalue weighted by Gasteiger charge is 2.29. The average molecular weight is 506 g/mol. The Morgan fingerprint density at radius 1 is 0.892 bits per heavy atom. The maximum atomic E-state index is 13.0. The SMILES string of the molecule is CCC(NC(=O)C(CC(C)C)NC(=O)NCc1ccccc1)C(=O)C(=O)NCc1cccc(C)c1C#N. The predicted molar refractivity (Wildman–Crippen MR) is 140 cm³/mol. The number of nitrogens with zero attached hydrogens (tertiary/aromatic N) is 1. The molecule has 0 saturated heterocycles. The van der Waals surface area contributed by atoms with Crippen molar-refractivity contribution >= 4 is 23.6 Å². The fourth-order valence-electron chi connectivity index (χ4n) is 3.77. The monoisotopic (exact) mass is 505 g/mol. The maximum absolute atomic E-state index is 13.0. The quantitative estimate of drug-likeness (QED) is 0.328. The Morgan fingerprint density at radius 3 is 2.22 bits per heavy atom. The average Bonchev–Trinajstić information content (AvgIpc) is 2.88. The molecule has 2 aromatic rings. The summed E-state index contributed by atoms with van der Waals surface area (Å²) in [5, 5.41) is 19.9. The highest BCUT2D eigenvalue weighted by atomic mass is 16.2. The van der Waals surface area contributed by atoms with E-state index in [-0.39, 0.29) is 18.9 Å². The molecule has 0 aliphatic rings. The lowest BCUT2D eigenvalue weighted by atomic mass is 10.0. The van der Waals surface area contributed by atoms with E-state index in [4.69, 9.17) is 0 Å². The van der Waals surface area contributed by atoms with Gasteiger partial charge in [0, 0.05) is 13.1 Å². The minimum atomic E-state index is -1.05. The van der Waals surface area contributed by atoms with Crippen LogP contribution in [-0.4, -0.2) is 35.7 Å². The molecule has 2 aromatic carbocycles. The topological polar surface area (TPSA) is 140 Å². The van der Waals surface area contributed by atoms with Crippen molar-refractivity contribution in [3.8, 4) is 6.07 Å². The van der Waals surface area contributed by atoms with E-state index in [0.717, 1.165) is 11.1 Å². The van der Waals surface area contributed by atoms with Gasteiger partial charge in [0.25, 0.3) is 5.91 Å². The maximum Gasteiger partial charge on any atom is 0.315 e. The third-order valence-electron chi connectivity index (χ3n) is 5.80. The number of nitriles is 1. The zero-order chi connectivity index (χ0) is 27.4. The molecule has 9 nitrogen and oxygen atoms in total. The molecule has 2 unspecified atom stereocenters. The molecule has 0 fully saturated rings. The van der Waals surface area contributed by atoms with Crippen LogP contribution >= 0.6 is 0 Å². The summed E-state index contributed by atoms with van der Waals surface area (Å²) in [7, 11) is 0. The van der Waals surface area contributed by atoms with Gasteiger partial charge in [-0.25, -0.2) is 4.79 Å². The molecular weight excluding hydrogens is 470 g/mol. The van der Waals surface area contributed by atoms with E-state index in [1.807, 2.05) is 44.2 Å². The first-order valence-electron chi connectivity index (χ1n) is 12.4. The lowest BCUT2D eigenvalue weighted by Crippen LogP contribution is -2.55. The zero-order valence-corrected chi connectivity index (χ0v) is 21.8. The highest BCUT2D eigenvalue weighted by molar-refractivity contribution is 6.38. The van der Waals surface area contributed by atoms with Gasteiger partial charge >= 0.3 is 6.03 Å². The van der Waals surface area contributed by atoms with Crippen molar-refractivity contribution in [2.24, 2.45) is 5.92 Å². The number of rotatable bonds is 12. The van der Waals surface area contributed by atoms with E-state index in [1.54, 1.807) is 32.0 Å². The standard InChI is InChI=1S/C28H35N5O4/c1-5-23(25(34)27(36)30-17-21-13-9-10-19(4)22(21)15-29)32-26(35)24(14-18(2)3)33-28(37)31-16-20-11-7-6-8-12-20/h6-13,18,23-24H,5,14,16-17H2,1-4H3,(H,30,36)(H,32,35)(H2,31,33,37). The van der Waals surface area contributed by atoms with Crippen molar-refractivity contribution in [1.29, 1.82) is 5.26 Å². The summed E-state index contributed by atoms with van der Waals surface area (Å²) in [4.78, 5) is 50.8. The van der Waals surface area contributed by atoms with Gasteiger partial charge in [-0.05, 0) is 42.4 Å². The summed E-state index contributed by atoms with van der Waals surface area (Å²) in [6, 6.07) is 14.3. The molecule has 0 aliphatic carbocycles. The minimum Gasteiger partial charge on any atom is -0.345 e. The Hall–Kier alpha value is -4.19. The van der Waals surface area contributed by atoms with Gasteiger partial charge in [0.15, 0.2) is 0 Å². The van der Waals surface area contributed by atoms with E-state index in [1.165, 1.54) is 0 Å². The van der Waals surface area contributed by atoms with Crippen LogP contribution in [0.5, 0.6) is 0 Å². The summed E-state index contributed by atoms with van der Waals surface area (Å²) in [5.41, 5.74) is 2.74. The van der Waals surface area contributed by atoms with Crippen molar-refractivity contribution in [3.63, 3.8) is 0 Å². The van der Waals surface area contributed by atoms with Crippen LogP contribution in [0.15, 0.2) is 48.5 Å². The molecule has 0 aliphatic heterocycles. The van der Waals surface area contributed by atoms with Crippen molar-refractivity contribution in [2.75, 3.05) is 0 Å². The molecule has 4 N–H and O–H groups in total. The Bertz CT molecular complexity index is 1140. The molecule has 0 saturated carbocycles. The van der Waals surface area contributed by atoms with Crippen LogP contribution in [0, 0.1) is 24.2 Å². The number of ketones is 1. The summed E-state index contributed by atoms with van der Waals surface area (Å²) in [6.07, 6.45) is 0.548. The first-order chi connectivity index (χ1) is 17.7. The van der Waals surface area contributed by atoms with Crippen LogP contribution in [0.3, 0.4) is 0 Å². The van der Waals surface area contributed by atoms with Crippen molar-refractivity contribution in [3.05, 3.63) is 70.8 Å². The summed E-state index contributed by atoms with van der Waals surface area (Å²) in [5.74, 6) is -2.10. The number of hydrogen-bond acceptors (Lipinski definition) is 5. The Morgan fingerprint density at radius 2 is 1.59 bits per heavy atom. The number of aryl methyl sites for hydroxylation is 1. The van der Waals surface area contributed by atoms with Crippen molar-refractivity contribution in [1.82, 2.24) is 21.3 Å². The molecule has 4 amide bonds. The number of nitrogens with one attached hydrogen (secondary N) is 4. The second kappa shape index (κ2) is 14.4. The van der Waals surface area contributed by atoms with Gasteiger partial charge in [0.1, 0.15) is 6.04 Å². The molecular formula is C28H35N5O4. The summed E-state index contributed by atoms with van der Waals surface area (Å²) >= 11 is 0. The molecule has 0 radical (unpaired) electrons. The first kappa shape index (κ1) is 29.0. The van der Waals surface area contributed by atoms with Crippen LogP contribution in [-0.2, 0) is 27.5 Å². The van der Waals surface area contributed by atoms with Crippen molar-refractivity contribution in [2.45, 2.75) is 65.7 Å². The number of carbonyl (C=O) groups is 4. The van der Waals surface area contributed by atoms with Crippen LogP contribution < -0.4 is 21.3 Å². The van der Waals surface area contributed by atoms with Gasteiger partial charge in [-0.1, -0.05) is 69.3 Å². The zero-order valence-electron chi connectivity index (χ0n) is 21.8. The Labute approximate surface area is 218 Å². The van der Waals surface area contributed by atoms with Gasteiger partial charge in [-0.2, -0.15) is 5.26 Å². The van der Waals surface area contributed by atoms with Gasteiger partial charge in [-0.15, -0.1) is 0 Å². The van der Waals surface area contributed by atoms with Crippen LogP contribution in [0.2, 0.25) is 0 Å². The van der Waals surface area contributed by atoms with Gasteiger partial charge in [0.2, 0.25) is 11.7 Å². The number of urea groups is 1. The fraction of sp³-hybridized carbons (Fsp3) is 0.393. The molecule has 196 valence electrons. The third kappa shape index (κ3) is 9.08. The highest BCUT2D eigenvalue weighted by Crippen LogP contribution is 2.13. The normalized spacial score (nSPS) is 12.1. The van der Waals surface area contributed by atoms with E-state index in [9.17, 15) is 24.4 Å². The molecule has 2 atom stereocenters. The third-order valence-corrected chi connectivity index (χ3v) is 5.80. The molecule has 0 aromatic heterocycles. The fourth-order valence-corrected chi connectivity index (χ4v) is 3.77. The largest absolute Gasteiger partial charge is 0.345 e. The Balaban J connectivity index is 1.98. The van der Waals surface area contributed by atoms with Gasteiger partial charge < -0.3 is 21.3 Å². The number of amides is 4. The van der Waals surface area contributed by atoms with E-state index >= 15 is 0 Å². The molecule has 9 heteroatoms. The molecule has 0 heterocycles. The number of benzene rings is 2. The lowest BCUT2D eigenvalue weighted by Gasteiger charge is -2.23. The molecule has 0 bridgehead atoms. The second-order valence-electron chi connectivity index (χ2n) is 9.23. The lowest BCUT2D eigenvalue weighted by molar-refractivity contribution is -0.140. The Kier molecular flexibility index (Phi) is 11.3. The smallest absolute Gasteiger partial charge is 0.315 e. The van der Waals surface area contributed by atoms with Gasteiger partial charge in [0.05, 0.1) is 17.7 Å². The van der Waals surface area contributed by atoms with Crippen LogP contribution in [0.4, 0.5) is 4.79 Å². The minimum absolute atomic E-state index is 0.0125. The predicted octanol–water partition coefficient (Wildman–Crippen LogP) is 2.86. The summed E-state index contributed by atoms with van der Waals surface area (Å²) < 4.78 is 0. The van der Waals surface area contributed by atoms with Crippen molar-refractivity contribution < 1.29 is 19.2 Å². The van der Waals surface area contributed by atoms with Gasteiger partial charge in [-0.3, -0.25) is 14.4 Å². The summed E-state index contributed by atoms with van der Waals surface area (Å²) in [6.45, 7) is 7.62. The number of Topliss-reactive ketones (excluding diaryl/α,β-unsaturated/α-hetero) is 1. The van der Waals surface area contributed by atoms with E-state index < -0.39 is 35.7 Å². The number of hydrogen-bond donors (Lipinski definition) is 4. The molecule has 2 rings (SSSR count).